The zero-order valence-electron chi connectivity index (χ0n) is 16.7. The SMILES string of the molecule is CCOC(=O)C1=CN(C(=O)c2ccc3c(c2)CCO3)CCc2c1[nH]c1ccccc21. The fourth-order valence-electron chi connectivity index (χ4n) is 4.22. The van der Waals surface area contributed by atoms with E-state index in [0.717, 1.165) is 39.9 Å². The monoisotopic (exact) mass is 402 g/mol. The largest absolute Gasteiger partial charge is 0.493 e. The summed E-state index contributed by atoms with van der Waals surface area (Å²) in [5.41, 5.74) is 4.74. The lowest BCUT2D eigenvalue weighted by molar-refractivity contribution is -0.136. The highest BCUT2D eigenvalue weighted by molar-refractivity contribution is 6.18. The topological polar surface area (TPSA) is 71.6 Å². The van der Waals surface area contributed by atoms with Crippen molar-refractivity contribution in [2.45, 2.75) is 19.8 Å². The third-order valence-electron chi connectivity index (χ3n) is 5.66. The molecule has 3 heterocycles. The van der Waals surface area contributed by atoms with E-state index in [0.29, 0.717) is 30.7 Å². The number of aromatic amines is 1. The molecule has 0 atom stereocenters. The molecular formula is C24H22N2O4. The summed E-state index contributed by atoms with van der Waals surface area (Å²) in [6.07, 6.45) is 3.07. The molecule has 0 saturated carbocycles. The van der Waals surface area contributed by atoms with Gasteiger partial charge in [0.15, 0.2) is 0 Å². The summed E-state index contributed by atoms with van der Waals surface area (Å²) in [5.74, 6) is 0.264. The lowest BCUT2D eigenvalue weighted by atomic mass is 10.0. The van der Waals surface area contributed by atoms with E-state index in [1.807, 2.05) is 36.4 Å². The summed E-state index contributed by atoms with van der Waals surface area (Å²) in [5, 5.41) is 1.06. The Balaban J connectivity index is 1.56. The molecule has 0 bridgehead atoms. The van der Waals surface area contributed by atoms with Crippen molar-refractivity contribution in [1.82, 2.24) is 9.88 Å². The van der Waals surface area contributed by atoms with Crippen molar-refractivity contribution in [1.29, 1.82) is 0 Å². The van der Waals surface area contributed by atoms with Gasteiger partial charge < -0.3 is 19.4 Å². The van der Waals surface area contributed by atoms with Crippen LogP contribution in [0.2, 0.25) is 0 Å². The summed E-state index contributed by atoms with van der Waals surface area (Å²) in [6, 6.07) is 13.5. The maximum Gasteiger partial charge on any atom is 0.341 e. The second-order valence-corrected chi connectivity index (χ2v) is 7.46. The maximum atomic E-state index is 13.3. The highest BCUT2D eigenvalue weighted by atomic mass is 16.5. The van der Waals surface area contributed by atoms with Gasteiger partial charge in [0.1, 0.15) is 5.75 Å². The molecule has 0 spiro atoms. The molecule has 1 N–H and O–H groups in total. The molecule has 0 fully saturated rings. The van der Waals surface area contributed by atoms with Crippen molar-refractivity contribution in [2.75, 3.05) is 19.8 Å². The van der Waals surface area contributed by atoms with Gasteiger partial charge in [0.2, 0.25) is 0 Å². The molecule has 0 unspecified atom stereocenters. The molecule has 0 radical (unpaired) electrons. The van der Waals surface area contributed by atoms with Gasteiger partial charge in [0, 0.05) is 35.6 Å². The van der Waals surface area contributed by atoms with E-state index in [2.05, 4.69) is 4.98 Å². The van der Waals surface area contributed by atoms with Gasteiger partial charge >= 0.3 is 5.97 Å². The van der Waals surface area contributed by atoms with E-state index in [4.69, 9.17) is 9.47 Å². The van der Waals surface area contributed by atoms with Crippen LogP contribution in [0.5, 0.6) is 5.75 Å². The number of carbonyl (C=O) groups is 2. The second-order valence-electron chi connectivity index (χ2n) is 7.46. The maximum absolute atomic E-state index is 13.3. The number of ether oxygens (including phenoxy) is 2. The molecule has 5 rings (SSSR count). The first-order valence-corrected chi connectivity index (χ1v) is 10.2. The van der Waals surface area contributed by atoms with E-state index < -0.39 is 5.97 Å². The van der Waals surface area contributed by atoms with E-state index in [-0.39, 0.29) is 12.5 Å². The number of nitrogens with zero attached hydrogens (tertiary/aromatic N) is 1. The fourth-order valence-corrected chi connectivity index (χ4v) is 4.22. The lowest BCUT2D eigenvalue weighted by Crippen LogP contribution is -2.28. The van der Waals surface area contributed by atoms with Gasteiger partial charge in [-0.2, -0.15) is 0 Å². The number of esters is 1. The molecule has 1 amide bonds. The van der Waals surface area contributed by atoms with Gasteiger partial charge in [0.05, 0.1) is 24.5 Å². The molecule has 6 nitrogen and oxygen atoms in total. The Kier molecular flexibility index (Phi) is 4.54. The van der Waals surface area contributed by atoms with E-state index >= 15 is 0 Å². The number of rotatable bonds is 3. The molecule has 2 aromatic carbocycles. The molecular weight excluding hydrogens is 380 g/mol. The smallest absolute Gasteiger partial charge is 0.341 e. The zero-order valence-corrected chi connectivity index (χ0v) is 16.7. The minimum absolute atomic E-state index is 0.138. The van der Waals surface area contributed by atoms with Gasteiger partial charge in [-0.3, -0.25) is 4.79 Å². The molecule has 2 aliphatic heterocycles. The van der Waals surface area contributed by atoms with Gasteiger partial charge in [-0.05, 0) is 48.7 Å². The molecule has 2 aliphatic rings. The fraction of sp³-hybridized carbons (Fsp3) is 0.250. The van der Waals surface area contributed by atoms with E-state index in [9.17, 15) is 9.59 Å². The number of aromatic nitrogens is 1. The minimum Gasteiger partial charge on any atom is -0.493 e. The summed E-state index contributed by atoms with van der Waals surface area (Å²) < 4.78 is 10.8. The normalized spacial score (nSPS) is 15.1. The number of H-pyrrole nitrogens is 1. The number of nitrogens with one attached hydrogen (secondary N) is 1. The number of carbonyl (C=O) groups excluding carboxylic acids is 2. The average Bonchev–Trinajstić information content (AvgIpc) is 3.32. The Labute approximate surface area is 174 Å². The Morgan fingerprint density at radius 2 is 2.03 bits per heavy atom. The van der Waals surface area contributed by atoms with Crippen LogP contribution in [0, 0.1) is 0 Å². The minimum atomic E-state index is -0.438. The van der Waals surface area contributed by atoms with Gasteiger partial charge in [-0.15, -0.1) is 0 Å². The Hall–Kier alpha value is -3.54. The Morgan fingerprint density at radius 1 is 1.17 bits per heavy atom. The summed E-state index contributed by atoms with van der Waals surface area (Å²) >= 11 is 0. The third kappa shape index (κ3) is 3.05. The van der Waals surface area contributed by atoms with E-state index in [1.54, 1.807) is 24.1 Å². The molecule has 3 aromatic rings. The quantitative estimate of drug-likeness (QED) is 0.678. The third-order valence-corrected chi connectivity index (χ3v) is 5.66. The molecule has 6 heteroatoms. The average molecular weight is 402 g/mol. The Morgan fingerprint density at radius 3 is 2.90 bits per heavy atom. The van der Waals surface area contributed by atoms with Crippen molar-refractivity contribution in [3.63, 3.8) is 0 Å². The number of para-hydroxylation sites is 1. The molecule has 1 aromatic heterocycles. The standard InChI is InChI=1S/C24H22N2O4/c1-2-29-24(28)19-14-26(23(27)16-7-8-21-15(13-16)10-12-30-21)11-9-18-17-5-3-4-6-20(17)25-22(18)19/h3-8,13-14,25H,2,9-12H2,1H3. The highest BCUT2D eigenvalue weighted by Crippen LogP contribution is 2.32. The van der Waals surface area contributed by atoms with Crippen LogP contribution < -0.4 is 4.74 Å². The number of fused-ring (bicyclic) bond motifs is 4. The van der Waals surface area contributed by atoms with Crippen molar-refractivity contribution in [3.8, 4) is 5.75 Å². The first-order chi connectivity index (χ1) is 14.7. The number of amides is 1. The zero-order chi connectivity index (χ0) is 20.7. The van der Waals surface area contributed by atoms with Crippen LogP contribution in [0.15, 0.2) is 48.7 Å². The van der Waals surface area contributed by atoms with Gasteiger partial charge in [-0.1, -0.05) is 18.2 Å². The first kappa shape index (κ1) is 18.5. The summed E-state index contributed by atoms with van der Waals surface area (Å²) in [4.78, 5) is 31.0. The van der Waals surface area contributed by atoms with Crippen LogP contribution in [0.4, 0.5) is 0 Å². The Bertz CT molecular complexity index is 1190. The van der Waals surface area contributed by atoms with Crippen molar-refractivity contribution >= 4 is 28.4 Å². The number of benzene rings is 2. The van der Waals surface area contributed by atoms with Crippen LogP contribution in [-0.4, -0.2) is 41.5 Å². The van der Waals surface area contributed by atoms with Crippen molar-refractivity contribution in [3.05, 3.63) is 71.0 Å². The second kappa shape index (κ2) is 7.37. The predicted molar refractivity (Wildman–Crippen MR) is 113 cm³/mol. The molecule has 0 saturated heterocycles. The van der Waals surface area contributed by atoms with Crippen LogP contribution in [0.25, 0.3) is 16.5 Å². The lowest BCUT2D eigenvalue weighted by Gasteiger charge is -2.18. The first-order valence-electron chi connectivity index (χ1n) is 10.2. The summed E-state index contributed by atoms with van der Waals surface area (Å²) in [6.45, 7) is 3.16. The number of hydrogen-bond acceptors (Lipinski definition) is 4. The molecule has 0 aliphatic carbocycles. The van der Waals surface area contributed by atoms with Crippen LogP contribution in [0.3, 0.4) is 0 Å². The number of hydrogen-bond donors (Lipinski definition) is 1. The molecule has 152 valence electrons. The van der Waals surface area contributed by atoms with E-state index in [1.165, 1.54) is 0 Å². The van der Waals surface area contributed by atoms with Crippen molar-refractivity contribution in [2.24, 2.45) is 0 Å². The van der Waals surface area contributed by atoms with Crippen molar-refractivity contribution < 1.29 is 19.1 Å². The predicted octanol–water partition coefficient (Wildman–Crippen LogP) is 3.71. The highest BCUT2D eigenvalue weighted by Gasteiger charge is 2.28. The summed E-state index contributed by atoms with van der Waals surface area (Å²) in [7, 11) is 0. The van der Waals surface area contributed by atoms with Crippen LogP contribution in [0.1, 0.15) is 34.1 Å². The molecule has 30 heavy (non-hydrogen) atoms. The van der Waals surface area contributed by atoms with Crippen LogP contribution in [-0.2, 0) is 22.4 Å². The van der Waals surface area contributed by atoms with Crippen LogP contribution >= 0.6 is 0 Å². The van der Waals surface area contributed by atoms with Gasteiger partial charge in [-0.25, -0.2) is 4.79 Å². The van der Waals surface area contributed by atoms with Gasteiger partial charge in [0.25, 0.3) is 5.91 Å².